The molecule has 6 heteroatoms. The lowest BCUT2D eigenvalue weighted by Crippen LogP contribution is -2.20. The zero-order chi connectivity index (χ0) is 13.6. The van der Waals surface area contributed by atoms with E-state index in [2.05, 4.69) is 29.1 Å². The summed E-state index contributed by atoms with van der Waals surface area (Å²) in [5.74, 6) is 0.771. The van der Waals surface area contributed by atoms with Gasteiger partial charge in [-0.1, -0.05) is 13.8 Å². The molecule has 18 heavy (non-hydrogen) atoms. The standard InChI is InChI=1S/C12H18F3N3/c1-9(2)7-16-8-10-4-6-17-11(18-10)3-5-12(13,14)15/h4,6,9,16H,3,5,7-8H2,1-2H3. The Morgan fingerprint density at radius 2 is 2.06 bits per heavy atom. The molecule has 1 heterocycles. The van der Waals surface area contributed by atoms with E-state index in [1.807, 2.05) is 0 Å². The van der Waals surface area contributed by atoms with Gasteiger partial charge in [0.25, 0.3) is 0 Å². The van der Waals surface area contributed by atoms with E-state index in [4.69, 9.17) is 0 Å². The Bertz CT molecular complexity index is 364. The van der Waals surface area contributed by atoms with Crippen molar-refractivity contribution in [2.24, 2.45) is 5.92 Å². The monoisotopic (exact) mass is 261 g/mol. The van der Waals surface area contributed by atoms with Gasteiger partial charge in [0.1, 0.15) is 5.82 Å². The second kappa shape index (κ2) is 6.68. The Balaban J connectivity index is 2.46. The van der Waals surface area contributed by atoms with Crippen molar-refractivity contribution in [3.8, 4) is 0 Å². The van der Waals surface area contributed by atoms with Crippen LogP contribution in [0.4, 0.5) is 13.2 Å². The Hall–Kier alpha value is -1.17. The molecule has 0 spiro atoms. The minimum Gasteiger partial charge on any atom is -0.311 e. The fourth-order valence-corrected chi connectivity index (χ4v) is 1.40. The van der Waals surface area contributed by atoms with E-state index in [0.29, 0.717) is 12.5 Å². The summed E-state index contributed by atoms with van der Waals surface area (Å²) in [6, 6.07) is 1.71. The van der Waals surface area contributed by atoms with Gasteiger partial charge in [0, 0.05) is 19.2 Å². The lowest BCUT2D eigenvalue weighted by atomic mass is 10.2. The van der Waals surface area contributed by atoms with E-state index in [0.717, 1.165) is 12.2 Å². The molecule has 0 unspecified atom stereocenters. The SMILES string of the molecule is CC(C)CNCc1ccnc(CCC(F)(F)F)n1. The Kier molecular flexibility index (Phi) is 5.53. The first kappa shape index (κ1) is 14.9. The molecular weight excluding hydrogens is 243 g/mol. The average Bonchev–Trinajstić information content (AvgIpc) is 2.26. The molecule has 102 valence electrons. The van der Waals surface area contributed by atoms with Crippen molar-refractivity contribution in [1.29, 1.82) is 0 Å². The predicted octanol–water partition coefficient (Wildman–Crippen LogP) is 2.72. The second-order valence-corrected chi connectivity index (χ2v) is 4.60. The summed E-state index contributed by atoms with van der Waals surface area (Å²) < 4.78 is 36.2. The van der Waals surface area contributed by atoms with Crippen LogP contribution in [0.2, 0.25) is 0 Å². The van der Waals surface area contributed by atoms with E-state index in [9.17, 15) is 13.2 Å². The molecule has 1 aromatic rings. The third-order valence-corrected chi connectivity index (χ3v) is 2.25. The number of nitrogens with one attached hydrogen (secondary N) is 1. The lowest BCUT2D eigenvalue weighted by molar-refractivity contribution is -0.134. The Labute approximate surface area is 105 Å². The van der Waals surface area contributed by atoms with E-state index >= 15 is 0 Å². The third-order valence-electron chi connectivity index (χ3n) is 2.25. The summed E-state index contributed by atoms with van der Waals surface area (Å²) in [7, 11) is 0. The Morgan fingerprint density at radius 1 is 1.33 bits per heavy atom. The summed E-state index contributed by atoms with van der Waals surface area (Å²) in [6.45, 7) is 5.57. The maximum Gasteiger partial charge on any atom is 0.389 e. The molecule has 0 saturated carbocycles. The molecule has 0 aliphatic heterocycles. The minimum atomic E-state index is -4.16. The first-order chi connectivity index (χ1) is 8.37. The molecule has 1 rings (SSSR count). The van der Waals surface area contributed by atoms with Crippen molar-refractivity contribution in [3.05, 3.63) is 23.8 Å². The molecule has 1 aromatic heterocycles. The number of aryl methyl sites for hydroxylation is 1. The van der Waals surface area contributed by atoms with Crippen molar-refractivity contribution in [1.82, 2.24) is 15.3 Å². The molecular formula is C12H18F3N3. The summed E-state index contributed by atoms with van der Waals surface area (Å²) in [6.07, 6.45) is -3.70. The van der Waals surface area contributed by atoms with Crippen molar-refractivity contribution in [2.45, 2.75) is 39.4 Å². The predicted molar refractivity (Wildman–Crippen MR) is 63.0 cm³/mol. The molecule has 0 bridgehead atoms. The van der Waals surface area contributed by atoms with Crippen LogP contribution in [0.1, 0.15) is 31.8 Å². The van der Waals surface area contributed by atoms with Crippen LogP contribution in [0.15, 0.2) is 12.3 Å². The van der Waals surface area contributed by atoms with Crippen LogP contribution in [-0.4, -0.2) is 22.7 Å². The molecule has 0 fully saturated rings. The fraction of sp³-hybridized carbons (Fsp3) is 0.667. The molecule has 0 aromatic carbocycles. The summed E-state index contributed by atoms with van der Waals surface area (Å²) in [5, 5.41) is 3.19. The van der Waals surface area contributed by atoms with Crippen molar-refractivity contribution >= 4 is 0 Å². The van der Waals surface area contributed by atoms with Gasteiger partial charge in [0.15, 0.2) is 0 Å². The quantitative estimate of drug-likeness (QED) is 0.855. The van der Waals surface area contributed by atoms with E-state index < -0.39 is 12.6 Å². The maximum absolute atomic E-state index is 12.1. The van der Waals surface area contributed by atoms with E-state index in [1.165, 1.54) is 6.20 Å². The Morgan fingerprint density at radius 3 is 2.67 bits per heavy atom. The van der Waals surface area contributed by atoms with Gasteiger partial charge < -0.3 is 5.32 Å². The van der Waals surface area contributed by atoms with Gasteiger partial charge in [0.2, 0.25) is 0 Å². The fourth-order valence-electron chi connectivity index (χ4n) is 1.40. The van der Waals surface area contributed by atoms with Gasteiger partial charge in [-0.05, 0) is 18.5 Å². The molecule has 3 nitrogen and oxygen atoms in total. The maximum atomic E-state index is 12.1. The van der Waals surface area contributed by atoms with Crippen molar-refractivity contribution in [3.63, 3.8) is 0 Å². The summed E-state index contributed by atoms with van der Waals surface area (Å²) in [5.41, 5.74) is 0.725. The number of alkyl halides is 3. The molecule has 0 aliphatic rings. The average molecular weight is 261 g/mol. The topological polar surface area (TPSA) is 37.8 Å². The highest BCUT2D eigenvalue weighted by Crippen LogP contribution is 2.20. The summed E-state index contributed by atoms with van der Waals surface area (Å²) >= 11 is 0. The zero-order valence-electron chi connectivity index (χ0n) is 10.6. The minimum absolute atomic E-state index is 0.165. The van der Waals surface area contributed by atoms with Gasteiger partial charge >= 0.3 is 6.18 Å². The number of hydrogen-bond acceptors (Lipinski definition) is 3. The van der Waals surface area contributed by atoms with Crippen LogP contribution in [0.5, 0.6) is 0 Å². The van der Waals surface area contributed by atoms with E-state index in [-0.39, 0.29) is 12.2 Å². The van der Waals surface area contributed by atoms with Gasteiger partial charge in [-0.15, -0.1) is 0 Å². The number of aromatic nitrogens is 2. The van der Waals surface area contributed by atoms with Crippen molar-refractivity contribution in [2.75, 3.05) is 6.54 Å². The van der Waals surface area contributed by atoms with Crippen LogP contribution in [0.3, 0.4) is 0 Å². The first-order valence-corrected chi connectivity index (χ1v) is 5.95. The number of hydrogen-bond donors (Lipinski definition) is 1. The lowest BCUT2D eigenvalue weighted by Gasteiger charge is -2.08. The van der Waals surface area contributed by atoms with Crippen LogP contribution in [-0.2, 0) is 13.0 Å². The molecule has 1 N–H and O–H groups in total. The third kappa shape index (κ3) is 6.54. The number of halogens is 3. The molecule has 0 saturated heterocycles. The zero-order valence-corrected chi connectivity index (χ0v) is 10.6. The van der Waals surface area contributed by atoms with Crippen LogP contribution >= 0.6 is 0 Å². The van der Waals surface area contributed by atoms with Gasteiger partial charge in [-0.3, -0.25) is 0 Å². The van der Waals surface area contributed by atoms with Gasteiger partial charge in [-0.25, -0.2) is 9.97 Å². The molecule has 0 amide bonds. The molecule has 0 radical (unpaired) electrons. The highest BCUT2D eigenvalue weighted by molar-refractivity contribution is 5.02. The van der Waals surface area contributed by atoms with Gasteiger partial charge in [0.05, 0.1) is 12.1 Å². The first-order valence-electron chi connectivity index (χ1n) is 5.95. The second-order valence-electron chi connectivity index (χ2n) is 4.60. The molecule has 0 atom stereocenters. The van der Waals surface area contributed by atoms with Gasteiger partial charge in [-0.2, -0.15) is 13.2 Å². The largest absolute Gasteiger partial charge is 0.389 e. The summed E-state index contributed by atoms with van der Waals surface area (Å²) in [4.78, 5) is 7.95. The highest BCUT2D eigenvalue weighted by Gasteiger charge is 2.27. The van der Waals surface area contributed by atoms with Crippen LogP contribution < -0.4 is 5.32 Å². The van der Waals surface area contributed by atoms with Crippen LogP contribution in [0.25, 0.3) is 0 Å². The molecule has 0 aliphatic carbocycles. The number of rotatable bonds is 6. The highest BCUT2D eigenvalue weighted by atomic mass is 19.4. The van der Waals surface area contributed by atoms with Crippen molar-refractivity contribution < 1.29 is 13.2 Å². The van der Waals surface area contributed by atoms with Crippen LogP contribution in [0, 0.1) is 5.92 Å². The van der Waals surface area contributed by atoms with E-state index in [1.54, 1.807) is 6.07 Å². The smallest absolute Gasteiger partial charge is 0.311 e. The number of nitrogens with zero attached hydrogens (tertiary/aromatic N) is 2. The normalized spacial score (nSPS) is 12.1.